The minimum Gasteiger partial charge on any atom is -0.438 e. The summed E-state index contributed by atoms with van der Waals surface area (Å²) in [5.74, 6) is -0.774. The van der Waals surface area contributed by atoms with Crippen LogP contribution in [0.1, 0.15) is 10.4 Å². The Labute approximate surface area is 171 Å². The van der Waals surface area contributed by atoms with Crippen molar-refractivity contribution in [1.29, 1.82) is 0 Å². The minimum absolute atomic E-state index is 0.0350. The topological polar surface area (TPSA) is 103 Å². The summed E-state index contributed by atoms with van der Waals surface area (Å²) >= 11 is 6.03. The Kier molecular flexibility index (Phi) is 5.71. The van der Waals surface area contributed by atoms with Crippen molar-refractivity contribution in [3.05, 3.63) is 77.2 Å². The van der Waals surface area contributed by atoms with Crippen LogP contribution in [0.2, 0.25) is 5.02 Å². The third-order valence-electron chi connectivity index (χ3n) is 3.98. The van der Waals surface area contributed by atoms with Crippen LogP contribution in [-0.4, -0.2) is 26.4 Å². The van der Waals surface area contributed by atoms with E-state index in [4.69, 9.17) is 22.1 Å². The smallest absolute Gasteiger partial charge is 0.264 e. The number of carbonyl (C=O) groups excluding carboxylic acids is 1. The molecule has 1 heterocycles. The van der Waals surface area contributed by atoms with E-state index >= 15 is 0 Å². The molecule has 150 valence electrons. The van der Waals surface area contributed by atoms with Crippen LogP contribution >= 0.6 is 11.6 Å². The van der Waals surface area contributed by atoms with Crippen LogP contribution in [-0.2, 0) is 10.0 Å². The maximum atomic E-state index is 13.1. The second kappa shape index (κ2) is 8.06. The van der Waals surface area contributed by atoms with Crippen molar-refractivity contribution in [3.63, 3.8) is 0 Å². The number of hydrogen-bond acceptors (Lipinski definition) is 5. The zero-order valence-corrected chi connectivity index (χ0v) is 16.6. The van der Waals surface area contributed by atoms with Crippen LogP contribution in [0.25, 0.3) is 0 Å². The van der Waals surface area contributed by atoms with E-state index in [-0.39, 0.29) is 21.4 Å². The van der Waals surface area contributed by atoms with Crippen molar-refractivity contribution >= 4 is 33.2 Å². The lowest BCUT2D eigenvalue weighted by molar-refractivity contribution is 0.1000. The van der Waals surface area contributed by atoms with Gasteiger partial charge in [-0.3, -0.25) is 9.10 Å². The van der Waals surface area contributed by atoms with Gasteiger partial charge in [0.05, 0.1) is 16.1 Å². The Morgan fingerprint density at radius 2 is 1.76 bits per heavy atom. The molecule has 0 aliphatic heterocycles. The number of nitrogens with two attached hydrogens (primary N) is 1. The lowest BCUT2D eigenvalue weighted by Gasteiger charge is -2.19. The first kappa shape index (κ1) is 20.6. The van der Waals surface area contributed by atoms with E-state index in [1.165, 1.54) is 55.7 Å². The van der Waals surface area contributed by atoms with Crippen molar-refractivity contribution in [1.82, 2.24) is 4.98 Å². The number of primary amides is 1. The van der Waals surface area contributed by atoms with Crippen LogP contribution in [0, 0.1) is 5.82 Å². The molecule has 0 saturated heterocycles. The van der Waals surface area contributed by atoms with Crippen molar-refractivity contribution in [2.45, 2.75) is 4.90 Å². The fraction of sp³-hybridized carbons (Fsp3) is 0.0526. The number of hydrogen-bond donors (Lipinski definition) is 1. The molecule has 0 spiro atoms. The van der Waals surface area contributed by atoms with Gasteiger partial charge in [0.25, 0.3) is 10.0 Å². The van der Waals surface area contributed by atoms with E-state index in [0.29, 0.717) is 11.4 Å². The fourth-order valence-corrected chi connectivity index (χ4v) is 3.77. The summed E-state index contributed by atoms with van der Waals surface area (Å²) in [4.78, 5) is 15.0. The zero-order chi connectivity index (χ0) is 21.2. The average Bonchev–Trinajstić information content (AvgIpc) is 2.69. The largest absolute Gasteiger partial charge is 0.438 e. The lowest BCUT2D eigenvalue weighted by atomic mass is 10.3. The minimum atomic E-state index is -3.85. The molecule has 0 atom stereocenters. The molecule has 0 aliphatic carbocycles. The normalized spacial score (nSPS) is 11.1. The van der Waals surface area contributed by atoms with Gasteiger partial charge in [-0.25, -0.2) is 17.8 Å². The van der Waals surface area contributed by atoms with E-state index in [9.17, 15) is 17.6 Å². The van der Waals surface area contributed by atoms with Crippen molar-refractivity contribution in [2.24, 2.45) is 5.73 Å². The number of nitrogens with zero attached hydrogens (tertiary/aromatic N) is 2. The highest BCUT2D eigenvalue weighted by molar-refractivity contribution is 7.92. The van der Waals surface area contributed by atoms with Crippen LogP contribution < -0.4 is 14.8 Å². The lowest BCUT2D eigenvalue weighted by Crippen LogP contribution is -2.26. The molecule has 7 nitrogen and oxygen atoms in total. The molecule has 2 N–H and O–H groups in total. The van der Waals surface area contributed by atoms with E-state index < -0.39 is 21.7 Å². The Morgan fingerprint density at radius 1 is 1.14 bits per heavy atom. The third-order valence-corrected chi connectivity index (χ3v) is 6.05. The van der Waals surface area contributed by atoms with Crippen LogP contribution in [0.4, 0.5) is 10.1 Å². The molecular weight excluding hydrogens is 421 g/mol. The molecule has 3 rings (SSSR count). The quantitative estimate of drug-likeness (QED) is 0.637. The van der Waals surface area contributed by atoms with Gasteiger partial charge < -0.3 is 10.5 Å². The molecule has 3 aromatic rings. The first-order valence-electron chi connectivity index (χ1n) is 8.16. The number of pyridine rings is 1. The number of anilines is 1. The molecule has 0 saturated carbocycles. The standard InChI is InChI=1S/C19H15ClFN3O4S/c1-24(29(26,27)16-8-2-13(21)3-9-16)14-4-6-15(7-5-14)28-19-17(20)10-12(11-23-19)18(22)25/h2-11H,1H3,(H2,22,25). The summed E-state index contributed by atoms with van der Waals surface area (Å²) in [5, 5.41) is 0.0985. The predicted molar refractivity (Wildman–Crippen MR) is 106 cm³/mol. The highest BCUT2D eigenvalue weighted by atomic mass is 35.5. The molecule has 0 fully saturated rings. The number of rotatable bonds is 6. The van der Waals surface area contributed by atoms with Crippen molar-refractivity contribution in [2.75, 3.05) is 11.4 Å². The van der Waals surface area contributed by atoms with Gasteiger partial charge in [-0.05, 0) is 54.6 Å². The first-order valence-corrected chi connectivity index (χ1v) is 9.98. The maximum Gasteiger partial charge on any atom is 0.264 e. The summed E-state index contributed by atoms with van der Waals surface area (Å²) in [6, 6.07) is 12.0. The van der Waals surface area contributed by atoms with Gasteiger partial charge in [0.15, 0.2) is 0 Å². The number of carbonyl (C=O) groups is 1. The zero-order valence-electron chi connectivity index (χ0n) is 15.0. The Balaban J connectivity index is 1.79. The highest BCUT2D eigenvalue weighted by Crippen LogP contribution is 2.30. The van der Waals surface area contributed by atoms with Gasteiger partial charge in [-0.1, -0.05) is 11.6 Å². The summed E-state index contributed by atoms with van der Waals surface area (Å²) in [7, 11) is -2.47. The Morgan fingerprint density at radius 3 is 2.31 bits per heavy atom. The van der Waals surface area contributed by atoms with Crippen LogP contribution in [0.15, 0.2) is 65.7 Å². The molecule has 1 amide bonds. The van der Waals surface area contributed by atoms with E-state index in [0.717, 1.165) is 16.4 Å². The van der Waals surface area contributed by atoms with Gasteiger partial charge in [-0.15, -0.1) is 0 Å². The SMILES string of the molecule is CN(c1ccc(Oc2ncc(C(N)=O)cc2Cl)cc1)S(=O)(=O)c1ccc(F)cc1. The number of sulfonamides is 1. The molecule has 1 aromatic heterocycles. The summed E-state index contributed by atoms with van der Waals surface area (Å²) in [6.45, 7) is 0. The molecule has 0 bridgehead atoms. The number of ether oxygens (including phenoxy) is 1. The monoisotopic (exact) mass is 435 g/mol. The summed E-state index contributed by atoms with van der Waals surface area (Å²) < 4.78 is 45.0. The van der Waals surface area contributed by atoms with E-state index in [1.54, 1.807) is 0 Å². The molecule has 10 heteroatoms. The van der Waals surface area contributed by atoms with Crippen LogP contribution in [0.5, 0.6) is 11.6 Å². The van der Waals surface area contributed by atoms with E-state index in [1.807, 2.05) is 0 Å². The van der Waals surface area contributed by atoms with Crippen LogP contribution in [0.3, 0.4) is 0 Å². The number of benzene rings is 2. The number of amides is 1. The Hall–Kier alpha value is -3.17. The second-order valence-electron chi connectivity index (χ2n) is 5.90. The van der Waals surface area contributed by atoms with Crippen molar-refractivity contribution in [3.8, 4) is 11.6 Å². The molecule has 29 heavy (non-hydrogen) atoms. The summed E-state index contributed by atoms with van der Waals surface area (Å²) in [5.41, 5.74) is 5.67. The van der Waals surface area contributed by atoms with Gasteiger partial charge in [0, 0.05) is 13.2 Å². The molecule has 0 unspecified atom stereocenters. The fourth-order valence-electron chi connectivity index (χ4n) is 2.37. The van der Waals surface area contributed by atoms with Gasteiger partial charge in [-0.2, -0.15) is 0 Å². The molecule has 0 aliphatic rings. The first-order chi connectivity index (χ1) is 13.7. The summed E-state index contributed by atoms with van der Waals surface area (Å²) in [6.07, 6.45) is 1.24. The van der Waals surface area contributed by atoms with Crippen molar-refractivity contribution < 1.29 is 22.3 Å². The average molecular weight is 436 g/mol. The van der Waals surface area contributed by atoms with Gasteiger partial charge >= 0.3 is 0 Å². The van der Waals surface area contributed by atoms with Gasteiger partial charge in [0.1, 0.15) is 16.6 Å². The van der Waals surface area contributed by atoms with Gasteiger partial charge in [0.2, 0.25) is 11.8 Å². The third kappa shape index (κ3) is 4.47. The maximum absolute atomic E-state index is 13.1. The number of halogens is 2. The number of aromatic nitrogens is 1. The van der Waals surface area contributed by atoms with E-state index in [2.05, 4.69) is 4.98 Å². The highest BCUT2D eigenvalue weighted by Gasteiger charge is 2.21. The predicted octanol–water partition coefficient (Wildman–Crippen LogP) is 3.59. The Bertz CT molecular complexity index is 1150. The molecular formula is C19H15ClFN3O4S. The molecule has 2 aromatic carbocycles. The second-order valence-corrected chi connectivity index (χ2v) is 8.27. The molecule has 0 radical (unpaired) electrons.